The summed E-state index contributed by atoms with van der Waals surface area (Å²) in [5, 5.41) is 19.8. The van der Waals surface area contributed by atoms with Crippen LogP contribution in [0, 0.1) is 11.8 Å². The second-order valence-electron chi connectivity index (χ2n) is 3.42. The van der Waals surface area contributed by atoms with Crippen LogP contribution >= 0.6 is 0 Å². The molecule has 8 nitrogen and oxygen atoms in total. The first-order chi connectivity index (χ1) is 8.07. The predicted molar refractivity (Wildman–Crippen MR) is 59.6 cm³/mol. The maximum absolute atomic E-state index is 9.93. The minimum absolute atomic E-state index is 0. The molecule has 0 heterocycles. The third-order valence-corrected chi connectivity index (χ3v) is 3.16. The van der Waals surface area contributed by atoms with Crippen LogP contribution in [-0.2, 0) is 31.7 Å². The Bertz CT molecular complexity index is 306. The van der Waals surface area contributed by atoms with E-state index in [4.69, 9.17) is 9.11 Å². The molecular weight excluding hydrogens is 334 g/mol. The average Bonchev–Trinajstić information content (AvgIpc) is 2.16. The number of carbonyl (C=O) groups excluding carboxylic acids is 2. The van der Waals surface area contributed by atoms with E-state index in [9.17, 15) is 28.2 Å². The van der Waals surface area contributed by atoms with Crippen molar-refractivity contribution in [2.75, 3.05) is 11.5 Å². The Balaban J connectivity index is -0.000000116. The van der Waals surface area contributed by atoms with E-state index in [1.807, 2.05) is 0 Å². The number of carboxylic acid groups (broad SMARTS) is 2. The van der Waals surface area contributed by atoms with Gasteiger partial charge in [-0.1, -0.05) is 13.8 Å². The van der Waals surface area contributed by atoms with Crippen LogP contribution in [0.1, 0.15) is 13.8 Å². The van der Waals surface area contributed by atoms with Gasteiger partial charge in [-0.2, -0.15) is 0 Å². The molecule has 12 heteroatoms. The first-order valence-corrected chi connectivity index (χ1v) is 7.19. The van der Waals surface area contributed by atoms with Crippen LogP contribution in [0.3, 0.4) is 0 Å². The summed E-state index contributed by atoms with van der Waals surface area (Å²) in [5.74, 6) is -4.81. The zero-order chi connectivity index (χ0) is 14.9. The molecule has 0 radical (unpaired) electrons. The molecule has 0 aromatic carbocycles. The summed E-state index contributed by atoms with van der Waals surface area (Å²) in [6.45, 7) is 2.65. The number of hydrogen-bond acceptors (Lipinski definition) is 6. The fraction of sp³-hybridized carbons (Fsp3) is 0.750. The van der Waals surface area contributed by atoms with Crippen LogP contribution in [0.25, 0.3) is 0 Å². The minimum Gasteiger partial charge on any atom is -0.550 e. The molecule has 0 aliphatic carbocycles. The number of carbonyl (C=O) groups is 2. The van der Waals surface area contributed by atoms with E-state index in [0.29, 0.717) is 0 Å². The fourth-order valence-corrected chi connectivity index (χ4v) is 1.69. The molecule has 0 aromatic heterocycles. The van der Waals surface area contributed by atoms with E-state index in [0.717, 1.165) is 0 Å². The van der Waals surface area contributed by atoms with Crippen LogP contribution in [0.15, 0.2) is 0 Å². The van der Waals surface area contributed by atoms with Crippen LogP contribution in [0.4, 0.5) is 0 Å². The van der Waals surface area contributed by atoms with Gasteiger partial charge in [-0.25, -0.2) is 8.42 Å². The monoisotopic (exact) mass is 348 g/mol. The Hall–Kier alpha value is 1.16. The van der Waals surface area contributed by atoms with E-state index in [1.54, 1.807) is 0 Å². The van der Waals surface area contributed by atoms with Crippen molar-refractivity contribution in [1.29, 1.82) is 0 Å². The summed E-state index contributed by atoms with van der Waals surface area (Å²) in [6, 6.07) is 0. The van der Waals surface area contributed by atoms with Gasteiger partial charge in [0.25, 0.3) is 0 Å². The zero-order valence-electron chi connectivity index (χ0n) is 11.7. The van der Waals surface area contributed by atoms with Crippen LogP contribution in [-0.4, -0.2) is 41.0 Å². The summed E-state index contributed by atoms with van der Waals surface area (Å²) in [5.41, 5.74) is 0. The number of rotatable bonds is 6. The Labute approximate surface area is 166 Å². The minimum atomic E-state index is -2.04. The Kier molecular flexibility index (Phi) is 24.1. The summed E-state index contributed by atoms with van der Waals surface area (Å²) >= 11 is -4.07. The van der Waals surface area contributed by atoms with Gasteiger partial charge in [0.1, 0.15) is 0 Å². The van der Waals surface area contributed by atoms with E-state index >= 15 is 0 Å². The first kappa shape index (κ1) is 29.2. The zero-order valence-corrected chi connectivity index (χ0v) is 17.4. The predicted octanol–water partition coefficient (Wildman–Crippen LogP) is -8.80. The van der Waals surface area contributed by atoms with Crippen molar-refractivity contribution >= 4 is 34.1 Å². The quantitative estimate of drug-likeness (QED) is 0.354. The van der Waals surface area contributed by atoms with Crippen molar-refractivity contribution < 1.29 is 96.4 Å². The summed E-state index contributed by atoms with van der Waals surface area (Å²) in [4.78, 5) is 19.8. The number of aliphatic carboxylic acids is 2. The normalized spacial score (nSPS) is 15.0. The second kappa shape index (κ2) is 16.5. The van der Waals surface area contributed by atoms with Gasteiger partial charge >= 0.3 is 59.1 Å². The molecule has 108 valence electrons. The third kappa shape index (κ3) is 21.5. The van der Waals surface area contributed by atoms with Crippen molar-refractivity contribution in [3.05, 3.63) is 0 Å². The molecule has 0 saturated carbocycles. The molecule has 0 aromatic rings. The van der Waals surface area contributed by atoms with Gasteiger partial charge in [-0.05, 0) is 0 Å². The Morgan fingerprint density at radius 3 is 1.15 bits per heavy atom. The van der Waals surface area contributed by atoms with Gasteiger partial charge in [0.05, 0.1) is 11.5 Å². The molecule has 0 aliphatic heterocycles. The SMILES string of the molecule is CC(CS(=O)O)C(=O)[O-].CC(CS(=O)O)C(=O)[O-].[Na+].[Na+]. The van der Waals surface area contributed by atoms with Crippen LogP contribution in [0.2, 0.25) is 0 Å². The van der Waals surface area contributed by atoms with Gasteiger partial charge in [-0.15, -0.1) is 0 Å². The molecule has 4 unspecified atom stereocenters. The van der Waals surface area contributed by atoms with Crippen molar-refractivity contribution in [3.63, 3.8) is 0 Å². The molecule has 0 rings (SSSR count). The molecule has 2 N–H and O–H groups in total. The third-order valence-electron chi connectivity index (χ3n) is 1.59. The summed E-state index contributed by atoms with van der Waals surface area (Å²) in [7, 11) is 0. The molecule has 0 bridgehead atoms. The van der Waals surface area contributed by atoms with Gasteiger partial charge < -0.3 is 28.9 Å². The fourth-order valence-electron chi connectivity index (χ4n) is 0.564. The molecule has 0 saturated heterocycles. The maximum atomic E-state index is 9.93. The number of carboxylic acids is 2. The molecule has 0 aliphatic rings. The smallest absolute Gasteiger partial charge is 0.550 e. The van der Waals surface area contributed by atoms with Gasteiger partial charge in [-0.3, -0.25) is 0 Å². The van der Waals surface area contributed by atoms with E-state index < -0.39 is 45.9 Å². The Morgan fingerprint density at radius 2 is 1.10 bits per heavy atom. The van der Waals surface area contributed by atoms with Crippen molar-refractivity contribution in [3.8, 4) is 0 Å². The molecule has 20 heavy (non-hydrogen) atoms. The molecule has 4 atom stereocenters. The van der Waals surface area contributed by atoms with Crippen molar-refractivity contribution in [2.45, 2.75) is 13.8 Å². The molecule has 0 fully saturated rings. The first-order valence-electron chi connectivity index (χ1n) is 4.64. The topological polar surface area (TPSA) is 155 Å². The molecule has 0 spiro atoms. The van der Waals surface area contributed by atoms with Crippen LogP contribution < -0.4 is 69.3 Å². The van der Waals surface area contributed by atoms with Crippen molar-refractivity contribution in [2.24, 2.45) is 11.8 Å². The Morgan fingerprint density at radius 1 is 0.900 bits per heavy atom. The van der Waals surface area contributed by atoms with E-state index in [-0.39, 0.29) is 70.6 Å². The largest absolute Gasteiger partial charge is 1.00 e. The average molecular weight is 348 g/mol. The summed E-state index contributed by atoms with van der Waals surface area (Å²) in [6.07, 6.45) is 0. The van der Waals surface area contributed by atoms with E-state index in [2.05, 4.69) is 0 Å². The molecular formula is C8H14Na2O8S2. The number of hydrogen-bond donors (Lipinski definition) is 2. The van der Waals surface area contributed by atoms with Gasteiger partial charge in [0.2, 0.25) is 0 Å². The second-order valence-corrected chi connectivity index (χ2v) is 5.37. The van der Waals surface area contributed by atoms with E-state index in [1.165, 1.54) is 13.8 Å². The van der Waals surface area contributed by atoms with Gasteiger partial charge in [0, 0.05) is 23.8 Å². The maximum Gasteiger partial charge on any atom is 1.00 e. The van der Waals surface area contributed by atoms with Gasteiger partial charge in [0.15, 0.2) is 22.2 Å². The summed E-state index contributed by atoms with van der Waals surface area (Å²) < 4.78 is 36.2. The molecule has 0 amide bonds. The van der Waals surface area contributed by atoms with Crippen LogP contribution in [0.5, 0.6) is 0 Å². The van der Waals surface area contributed by atoms with Crippen molar-refractivity contribution in [1.82, 2.24) is 0 Å². The standard InChI is InChI=1S/2C4H8O4S.2Na/c2*1-3(4(5)6)2-9(7)8;;/h2*3H,2H2,1H3,(H,5,6)(H,7,8);;/q;;2*+1/p-2.